The normalized spacial score (nSPS) is 23.1. The van der Waals surface area contributed by atoms with Crippen LogP contribution in [0, 0.1) is 6.92 Å². The highest BCUT2D eigenvalue weighted by Crippen LogP contribution is 2.50. The number of likely N-dealkylation sites (tertiary alicyclic amines) is 1. The molecule has 0 N–H and O–H groups in total. The lowest BCUT2D eigenvalue weighted by Crippen LogP contribution is -2.49. The Hall–Kier alpha value is -2.33. The molecule has 3 aliphatic rings. The predicted octanol–water partition coefficient (Wildman–Crippen LogP) is 4.09. The summed E-state index contributed by atoms with van der Waals surface area (Å²) in [7, 11) is 2.21. The van der Waals surface area contributed by atoms with Crippen LogP contribution in [0.25, 0.3) is 0 Å². The number of Topliss-reactive ketones (excluding diaryl/α,β-unsaturated/α-hetero) is 1. The average molecular weight is 390 g/mol. The number of benzene rings is 2. The number of carbonyl (C=O) groups excluding carboxylic acids is 1. The quantitative estimate of drug-likeness (QED) is 0.720. The van der Waals surface area contributed by atoms with Gasteiger partial charge in [0.2, 0.25) is 0 Å². The Morgan fingerprint density at radius 3 is 2.72 bits per heavy atom. The van der Waals surface area contributed by atoms with Gasteiger partial charge in [-0.05, 0) is 37.9 Å². The summed E-state index contributed by atoms with van der Waals surface area (Å²) in [5, 5.41) is 0. The molecular weight excluding hydrogens is 358 g/mol. The lowest BCUT2D eigenvalue weighted by molar-refractivity contribution is 0.0971. The second-order valence-corrected chi connectivity index (χ2v) is 8.99. The van der Waals surface area contributed by atoms with E-state index in [0.29, 0.717) is 18.4 Å². The summed E-state index contributed by atoms with van der Waals surface area (Å²) in [6, 6.07) is 15.5. The zero-order valence-electron chi connectivity index (χ0n) is 17.6. The number of piperidine rings is 1. The fraction of sp³-hybridized carbons (Fsp3) is 0.480. The highest BCUT2D eigenvalue weighted by Gasteiger charge is 2.44. The number of nitrogens with zero attached hydrogens (tertiary/aromatic N) is 3. The molecule has 0 aliphatic carbocycles. The second kappa shape index (κ2) is 7.49. The van der Waals surface area contributed by atoms with Crippen molar-refractivity contribution in [1.29, 1.82) is 0 Å². The third-order valence-electron chi connectivity index (χ3n) is 7.13. The minimum absolute atomic E-state index is 0.274. The van der Waals surface area contributed by atoms with Crippen molar-refractivity contribution in [2.75, 3.05) is 49.6 Å². The fourth-order valence-electron chi connectivity index (χ4n) is 5.53. The van der Waals surface area contributed by atoms with Gasteiger partial charge in [0, 0.05) is 57.2 Å². The molecular formula is C25H31N3O. The average Bonchev–Trinajstić information content (AvgIpc) is 3.06. The first-order valence-corrected chi connectivity index (χ1v) is 11.0. The predicted molar refractivity (Wildman–Crippen MR) is 119 cm³/mol. The van der Waals surface area contributed by atoms with Crippen molar-refractivity contribution in [3.8, 4) is 0 Å². The van der Waals surface area contributed by atoms with Gasteiger partial charge in [-0.3, -0.25) is 4.79 Å². The van der Waals surface area contributed by atoms with E-state index < -0.39 is 0 Å². The zero-order chi connectivity index (χ0) is 20.0. The van der Waals surface area contributed by atoms with Crippen molar-refractivity contribution >= 4 is 17.2 Å². The second-order valence-electron chi connectivity index (χ2n) is 8.99. The smallest absolute Gasteiger partial charge is 0.162 e. The number of fused-ring (bicyclic) bond motifs is 3. The van der Waals surface area contributed by atoms with Gasteiger partial charge < -0.3 is 14.7 Å². The largest absolute Gasteiger partial charge is 0.371 e. The summed E-state index contributed by atoms with van der Waals surface area (Å²) in [4.78, 5) is 20.2. The van der Waals surface area contributed by atoms with E-state index in [2.05, 4.69) is 46.9 Å². The minimum atomic E-state index is 0.274. The Morgan fingerprint density at radius 1 is 1.07 bits per heavy atom. The monoisotopic (exact) mass is 389 g/mol. The molecule has 0 amide bonds. The Bertz CT molecular complexity index is 907. The Labute approximate surface area is 174 Å². The molecule has 0 bridgehead atoms. The van der Waals surface area contributed by atoms with Crippen LogP contribution >= 0.6 is 0 Å². The van der Waals surface area contributed by atoms with Crippen LogP contribution in [-0.2, 0) is 0 Å². The third-order valence-corrected chi connectivity index (χ3v) is 7.13. The SMILES string of the molecule is Cc1ccc(C(=O)CCCN2CC[C@H]3[C@@H](C2)c2cccc4c2N3CCN4C)cc1. The summed E-state index contributed by atoms with van der Waals surface area (Å²) >= 11 is 0. The first-order chi connectivity index (χ1) is 14.1. The standard InChI is InChI=1S/C25H31N3O/c1-18-8-10-19(11-9-18)24(29)7-4-13-27-14-12-22-21(17-27)20-5-3-6-23-25(20)28(22)16-15-26(23)2/h3,5-6,8-11,21-22H,4,7,12-17H2,1-2H3/t21-,22-/m0/s1. The summed E-state index contributed by atoms with van der Waals surface area (Å²) in [5.74, 6) is 0.883. The topological polar surface area (TPSA) is 26.8 Å². The Kier molecular flexibility index (Phi) is 4.83. The highest BCUT2D eigenvalue weighted by atomic mass is 16.1. The van der Waals surface area contributed by atoms with Crippen LogP contribution in [0.3, 0.4) is 0 Å². The molecule has 3 aliphatic heterocycles. The van der Waals surface area contributed by atoms with Gasteiger partial charge in [0.05, 0.1) is 11.4 Å². The van der Waals surface area contributed by atoms with E-state index in [1.54, 1.807) is 5.56 Å². The van der Waals surface area contributed by atoms with E-state index in [1.165, 1.54) is 23.4 Å². The number of para-hydroxylation sites is 1. The van der Waals surface area contributed by atoms with E-state index in [0.717, 1.165) is 44.7 Å². The molecule has 1 saturated heterocycles. The molecule has 0 radical (unpaired) electrons. The molecule has 29 heavy (non-hydrogen) atoms. The molecule has 2 aromatic carbocycles. The number of carbonyl (C=O) groups is 1. The first-order valence-electron chi connectivity index (χ1n) is 11.0. The van der Waals surface area contributed by atoms with E-state index in [4.69, 9.17) is 0 Å². The maximum atomic E-state index is 12.5. The van der Waals surface area contributed by atoms with Crippen molar-refractivity contribution in [2.45, 2.75) is 38.1 Å². The maximum Gasteiger partial charge on any atom is 0.162 e. The summed E-state index contributed by atoms with van der Waals surface area (Å²) < 4.78 is 0. The number of hydrogen-bond acceptors (Lipinski definition) is 4. The van der Waals surface area contributed by atoms with Gasteiger partial charge in [-0.2, -0.15) is 0 Å². The molecule has 2 atom stereocenters. The van der Waals surface area contributed by atoms with Crippen LogP contribution in [0.4, 0.5) is 11.4 Å². The van der Waals surface area contributed by atoms with Gasteiger partial charge in [-0.1, -0.05) is 42.0 Å². The van der Waals surface area contributed by atoms with Crippen molar-refractivity contribution in [3.63, 3.8) is 0 Å². The van der Waals surface area contributed by atoms with E-state index in [9.17, 15) is 4.79 Å². The molecule has 0 spiro atoms. The number of likely N-dealkylation sites (N-methyl/N-ethyl adjacent to an activating group) is 1. The third kappa shape index (κ3) is 3.33. The van der Waals surface area contributed by atoms with Crippen LogP contribution in [0.5, 0.6) is 0 Å². The maximum absolute atomic E-state index is 12.5. The molecule has 4 nitrogen and oxygen atoms in total. The lowest BCUT2D eigenvalue weighted by atomic mass is 9.89. The van der Waals surface area contributed by atoms with Crippen LogP contribution in [-0.4, -0.2) is 56.5 Å². The molecule has 0 aromatic heterocycles. The Morgan fingerprint density at radius 2 is 1.90 bits per heavy atom. The highest BCUT2D eigenvalue weighted by molar-refractivity contribution is 5.96. The summed E-state index contributed by atoms with van der Waals surface area (Å²) in [6.45, 7) is 7.62. The van der Waals surface area contributed by atoms with Crippen LogP contribution in [0.1, 0.15) is 46.7 Å². The molecule has 3 heterocycles. The number of aryl methyl sites for hydroxylation is 1. The van der Waals surface area contributed by atoms with Gasteiger partial charge in [-0.15, -0.1) is 0 Å². The molecule has 2 aromatic rings. The number of anilines is 2. The number of ketones is 1. The molecule has 4 heteroatoms. The molecule has 5 rings (SSSR count). The summed E-state index contributed by atoms with van der Waals surface area (Å²) in [5.41, 5.74) is 6.49. The lowest BCUT2D eigenvalue weighted by Gasteiger charge is -2.41. The van der Waals surface area contributed by atoms with Crippen LogP contribution in [0.2, 0.25) is 0 Å². The van der Waals surface area contributed by atoms with Gasteiger partial charge in [0.1, 0.15) is 0 Å². The first kappa shape index (κ1) is 18.7. The van der Waals surface area contributed by atoms with Gasteiger partial charge in [0.15, 0.2) is 5.78 Å². The number of rotatable bonds is 5. The molecule has 0 saturated carbocycles. The van der Waals surface area contributed by atoms with Crippen molar-refractivity contribution < 1.29 is 4.79 Å². The van der Waals surface area contributed by atoms with Gasteiger partial charge >= 0.3 is 0 Å². The van der Waals surface area contributed by atoms with Crippen LogP contribution in [0.15, 0.2) is 42.5 Å². The van der Waals surface area contributed by atoms with Crippen molar-refractivity contribution in [2.24, 2.45) is 0 Å². The zero-order valence-corrected chi connectivity index (χ0v) is 17.6. The van der Waals surface area contributed by atoms with Crippen molar-refractivity contribution in [3.05, 3.63) is 59.2 Å². The number of hydrogen-bond donors (Lipinski definition) is 0. The fourth-order valence-corrected chi connectivity index (χ4v) is 5.53. The van der Waals surface area contributed by atoms with Gasteiger partial charge in [-0.25, -0.2) is 0 Å². The Balaban J connectivity index is 1.22. The van der Waals surface area contributed by atoms with E-state index in [-0.39, 0.29) is 5.78 Å². The van der Waals surface area contributed by atoms with E-state index in [1.807, 2.05) is 24.3 Å². The summed E-state index contributed by atoms with van der Waals surface area (Å²) in [6.07, 6.45) is 2.82. The molecule has 152 valence electrons. The molecule has 0 unspecified atom stereocenters. The van der Waals surface area contributed by atoms with Crippen LogP contribution < -0.4 is 9.80 Å². The van der Waals surface area contributed by atoms with Crippen molar-refractivity contribution in [1.82, 2.24) is 4.90 Å². The van der Waals surface area contributed by atoms with Gasteiger partial charge in [0.25, 0.3) is 0 Å². The molecule has 1 fully saturated rings. The minimum Gasteiger partial charge on any atom is -0.371 e. The van der Waals surface area contributed by atoms with E-state index >= 15 is 0 Å².